The van der Waals surface area contributed by atoms with Gasteiger partial charge in [0.25, 0.3) is 0 Å². The predicted octanol–water partition coefficient (Wildman–Crippen LogP) is 1.86. The Balaban J connectivity index is 2.48. The molecule has 0 spiro atoms. The molecule has 0 aromatic heterocycles. The van der Waals surface area contributed by atoms with Gasteiger partial charge in [0.15, 0.2) is 5.78 Å². The van der Waals surface area contributed by atoms with Gasteiger partial charge in [-0.05, 0) is 40.5 Å². The molecule has 0 radical (unpaired) electrons. The van der Waals surface area contributed by atoms with E-state index in [0.29, 0.717) is 13.0 Å². The summed E-state index contributed by atoms with van der Waals surface area (Å²) in [6, 6.07) is 0. The summed E-state index contributed by atoms with van der Waals surface area (Å²) >= 11 is 0. The van der Waals surface area contributed by atoms with Crippen molar-refractivity contribution >= 4 is 11.8 Å². The minimum atomic E-state index is -0.781. The zero-order chi connectivity index (χ0) is 12.4. The molecule has 1 aliphatic heterocycles. The molecule has 0 aliphatic carbocycles. The summed E-state index contributed by atoms with van der Waals surface area (Å²) in [6.45, 7) is 7.68. The maximum Gasteiger partial charge on any atom is 0.313 e. The molecule has 0 unspecified atom stereocenters. The van der Waals surface area contributed by atoms with Crippen molar-refractivity contribution < 1.29 is 19.1 Å². The van der Waals surface area contributed by atoms with Crippen LogP contribution in [0.1, 0.15) is 47.0 Å². The van der Waals surface area contributed by atoms with Gasteiger partial charge < -0.3 is 9.47 Å². The second kappa shape index (κ2) is 4.53. The molecule has 1 heterocycles. The second-order valence-electron chi connectivity index (χ2n) is 5.37. The SMILES string of the molecule is CC(C)(C)OC(=O)CC(=O)[C@@]1(C)CCCO1. The van der Waals surface area contributed by atoms with Gasteiger partial charge in [0.05, 0.1) is 0 Å². The molecule has 4 nitrogen and oxygen atoms in total. The van der Waals surface area contributed by atoms with E-state index in [0.717, 1.165) is 6.42 Å². The highest BCUT2D eigenvalue weighted by Gasteiger charge is 2.38. The molecule has 1 atom stereocenters. The number of carbonyl (C=O) groups is 2. The number of esters is 1. The lowest BCUT2D eigenvalue weighted by molar-refractivity contribution is -0.159. The molecule has 0 bridgehead atoms. The Morgan fingerprint density at radius 3 is 2.44 bits per heavy atom. The van der Waals surface area contributed by atoms with Gasteiger partial charge in [-0.2, -0.15) is 0 Å². The molecular formula is C12H20O4. The molecule has 0 N–H and O–H groups in total. The third-order valence-corrected chi connectivity index (χ3v) is 2.53. The van der Waals surface area contributed by atoms with E-state index in [-0.39, 0.29) is 12.2 Å². The molecule has 4 heteroatoms. The van der Waals surface area contributed by atoms with Gasteiger partial charge in [-0.3, -0.25) is 9.59 Å². The maximum absolute atomic E-state index is 11.8. The molecule has 1 fully saturated rings. The summed E-state index contributed by atoms with van der Waals surface area (Å²) in [5, 5.41) is 0. The van der Waals surface area contributed by atoms with Crippen LogP contribution in [0, 0.1) is 0 Å². The fourth-order valence-electron chi connectivity index (χ4n) is 1.69. The first-order valence-corrected chi connectivity index (χ1v) is 5.62. The van der Waals surface area contributed by atoms with Crippen LogP contribution in [0.4, 0.5) is 0 Å². The third-order valence-electron chi connectivity index (χ3n) is 2.53. The Morgan fingerprint density at radius 1 is 1.38 bits per heavy atom. The van der Waals surface area contributed by atoms with E-state index in [1.165, 1.54) is 0 Å². The topological polar surface area (TPSA) is 52.6 Å². The van der Waals surface area contributed by atoms with Crippen LogP contribution < -0.4 is 0 Å². The van der Waals surface area contributed by atoms with Gasteiger partial charge in [-0.25, -0.2) is 0 Å². The Kier molecular flexibility index (Phi) is 3.73. The molecule has 92 valence electrons. The average Bonchev–Trinajstić information content (AvgIpc) is 2.49. The number of ether oxygens (including phenoxy) is 2. The first kappa shape index (κ1) is 13.2. The highest BCUT2D eigenvalue weighted by Crippen LogP contribution is 2.27. The van der Waals surface area contributed by atoms with Crippen molar-refractivity contribution in [2.45, 2.75) is 58.2 Å². The Bertz CT molecular complexity index is 282. The number of Topliss-reactive ketones (excluding diaryl/α,β-unsaturated/α-hetero) is 1. The van der Waals surface area contributed by atoms with Crippen molar-refractivity contribution in [3.8, 4) is 0 Å². The van der Waals surface area contributed by atoms with Crippen LogP contribution in [0.2, 0.25) is 0 Å². The molecule has 0 amide bonds. The smallest absolute Gasteiger partial charge is 0.313 e. The van der Waals surface area contributed by atoms with Crippen molar-refractivity contribution in [1.82, 2.24) is 0 Å². The Hall–Kier alpha value is -0.900. The Morgan fingerprint density at radius 2 is 2.00 bits per heavy atom. The van der Waals surface area contributed by atoms with Crippen molar-refractivity contribution in [1.29, 1.82) is 0 Å². The number of ketones is 1. The molecular weight excluding hydrogens is 208 g/mol. The lowest BCUT2D eigenvalue weighted by Crippen LogP contribution is -2.37. The first-order chi connectivity index (χ1) is 7.23. The van der Waals surface area contributed by atoms with Gasteiger partial charge >= 0.3 is 5.97 Å². The average molecular weight is 228 g/mol. The van der Waals surface area contributed by atoms with Crippen LogP contribution in [-0.4, -0.2) is 29.6 Å². The lowest BCUT2D eigenvalue weighted by Gasteiger charge is -2.23. The highest BCUT2D eigenvalue weighted by molar-refractivity contribution is 6.00. The van der Waals surface area contributed by atoms with E-state index in [2.05, 4.69) is 0 Å². The number of carbonyl (C=O) groups excluding carboxylic acids is 2. The highest BCUT2D eigenvalue weighted by atomic mass is 16.6. The molecule has 1 rings (SSSR count). The number of rotatable bonds is 3. The molecule has 1 saturated heterocycles. The molecule has 0 aromatic rings. The minimum absolute atomic E-state index is 0.181. The summed E-state index contributed by atoms with van der Waals surface area (Å²) in [5.74, 6) is -0.659. The summed E-state index contributed by atoms with van der Waals surface area (Å²) < 4.78 is 10.5. The van der Waals surface area contributed by atoms with Crippen LogP contribution in [-0.2, 0) is 19.1 Å². The summed E-state index contributed by atoms with van der Waals surface area (Å²) in [6.07, 6.45) is 1.36. The summed E-state index contributed by atoms with van der Waals surface area (Å²) in [4.78, 5) is 23.3. The van der Waals surface area contributed by atoms with E-state index in [9.17, 15) is 9.59 Å². The van der Waals surface area contributed by atoms with E-state index < -0.39 is 17.2 Å². The van der Waals surface area contributed by atoms with Crippen molar-refractivity contribution in [3.05, 3.63) is 0 Å². The van der Waals surface area contributed by atoms with Gasteiger partial charge in [-0.1, -0.05) is 0 Å². The zero-order valence-electron chi connectivity index (χ0n) is 10.5. The van der Waals surface area contributed by atoms with Gasteiger partial charge in [0.2, 0.25) is 0 Å². The van der Waals surface area contributed by atoms with Crippen LogP contribution in [0.5, 0.6) is 0 Å². The standard InChI is InChI=1S/C12H20O4/c1-11(2,3)16-10(14)8-9(13)12(4)6-5-7-15-12/h5-8H2,1-4H3/t12-/m1/s1. The van der Waals surface area contributed by atoms with Crippen LogP contribution in [0.3, 0.4) is 0 Å². The van der Waals surface area contributed by atoms with Crippen molar-refractivity contribution in [3.63, 3.8) is 0 Å². The first-order valence-electron chi connectivity index (χ1n) is 5.62. The van der Waals surface area contributed by atoms with Crippen LogP contribution >= 0.6 is 0 Å². The van der Waals surface area contributed by atoms with E-state index in [1.54, 1.807) is 27.7 Å². The van der Waals surface area contributed by atoms with Crippen molar-refractivity contribution in [2.24, 2.45) is 0 Å². The fraction of sp³-hybridized carbons (Fsp3) is 0.833. The summed E-state index contributed by atoms with van der Waals surface area (Å²) in [7, 11) is 0. The quantitative estimate of drug-likeness (QED) is 0.546. The Labute approximate surface area is 96.3 Å². The van der Waals surface area contributed by atoms with Gasteiger partial charge in [0, 0.05) is 6.61 Å². The van der Waals surface area contributed by atoms with Gasteiger partial charge in [0.1, 0.15) is 17.6 Å². The second-order valence-corrected chi connectivity index (χ2v) is 5.37. The van der Waals surface area contributed by atoms with Gasteiger partial charge in [-0.15, -0.1) is 0 Å². The third kappa shape index (κ3) is 3.59. The molecule has 1 aliphatic rings. The summed E-state index contributed by atoms with van der Waals surface area (Å²) in [5.41, 5.74) is -1.33. The monoisotopic (exact) mass is 228 g/mol. The largest absolute Gasteiger partial charge is 0.460 e. The maximum atomic E-state index is 11.8. The molecule has 0 aromatic carbocycles. The number of hydrogen-bond acceptors (Lipinski definition) is 4. The van der Waals surface area contributed by atoms with E-state index >= 15 is 0 Å². The van der Waals surface area contributed by atoms with E-state index in [1.807, 2.05) is 0 Å². The normalized spacial score (nSPS) is 25.5. The van der Waals surface area contributed by atoms with E-state index in [4.69, 9.17) is 9.47 Å². The van der Waals surface area contributed by atoms with Crippen LogP contribution in [0.15, 0.2) is 0 Å². The molecule has 0 saturated carbocycles. The van der Waals surface area contributed by atoms with Crippen LogP contribution in [0.25, 0.3) is 0 Å². The zero-order valence-corrected chi connectivity index (χ0v) is 10.5. The fourth-order valence-corrected chi connectivity index (χ4v) is 1.69. The minimum Gasteiger partial charge on any atom is -0.460 e. The lowest BCUT2D eigenvalue weighted by atomic mass is 9.95. The molecule has 16 heavy (non-hydrogen) atoms. The van der Waals surface area contributed by atoms with Crippen molar-refractivity contribution in [2.75, 3.05) is 6.61 Å². The number of hydrogen-bond donors (Lipinski definition) is 0. The predicted molar refractivity (Wildman–Crippen MR) is 59.1 cm³/mol.